The predicted octanol–water partition coefficient (Wildman–Crippen LogP) is 1.54. The number of Topliss-reactive ketones (excluding diaryl/α,β-unsaturated/α-hetero) is 1. The molecule has 0 spiro atoms. The topological polar surface area (TPSA) is 101 Å². The Morgan fingerprint density at radius 1 is 1.07 bits per heavy atom. The fourth-order valence-corrected chi connectivity index (χ4v) is 3.56. The third kappa shape index (κ3) is 4.46. The lowest BCUT2D eigenvalue weighted by Gasteiger charge is -2.34. The van der Waals surface area contributed by atoms with Crippen molar-refractivity contribution in [2.75, 3.05) is 44.8 Å². The number of ketones is 1. The number of nitrogens with one attached hydrogen (secondary N) is 1. The van der Waals surface area contributed by atoms with Crippen LogP contribution >= 0.6 is 0 Å². The van der Waals surface area contributed by atoms with E-state index in [1.165, 1.54) is 6.92 Å². The number of benzene rings is 1. The van der Waals surface area contributed by atoms with Crippen LogP contribution in [0.5, 0.6) is 11.5 Å². The lowest BCUT2D eigenvalue weighted by molar-refractivity contribution is -0.132. The highest BCUT2D eigenvalue weighted by Crippen LogP contribution is 2.37. The lowest BCUT2D eigenvalue weighted by atomic mass is 10.1. The van der Waals surface area contributed by atoms with Crippen molar-refractivity contribution >= 4 is 23.3 Å². The first-order chi connectivity index (χ1) is 14.5. The van der Waals surface area contributed by atoms with Crippen LogP contribution in [0.1, 0.15) is 22.8 Å². The summed E-state index contributed by atoms with van der Waals surface area (Å²) in [5.41, 5.74) is 1.64. The van der Waals surface area contributed by atoms with Crippen molar-refractivity contribution in [3.05, 3.63) is 41.9 Å². The van der Waals surface area contributed by atoms with Gasteiger partial charge < -0.3 is 24.1 Å². The molecule has 9 nitrogen and oxygen atoms in total. The van der Waals surface area contributed by atoms with Crippen molar-refractivity contribution in [1.82, 2.24) is 9.80 Å². The minimum absolute atomic E-state index is 0.0481. The Morgan fingerprint density at radius 2 is 1.80 bits per heavy atom. The number of nitrogens with zero attached hydrogens (tertiary/aromatic N) is 2. The van der Waals surface area contributed by atoms with Crippen LogP contribution in [0.2, 0.25) is 0 Å². The van der Waals surface area contributed by atoms with Gasteiger partial charge in [0.2, 0.25) is 18.6 Å². The van der Waals surface area contributed by atoms with Crippen molar-refractivity contribution in [1.29, 1.82) is 0 Å². The van der Waals surface area contributed by atoms with Crippen LogP contribution in [-0.4, -0.2) is 66.9 Å². The van der Waals surface area contributed by atoms with Gasteiger partial charge in [0, 0.05) is 37.8 Å². The smallest absolute Gasteiger partial charge is 0.238 e. The second-order valence-electron chi connectivity index (χ2n) is 7.32. The molecule has 30 heavy (non-hydrogen) atoms. The molecule has 0 saturated carbocycles. The van der Waals surface area contributed by atoms with Gasteiger partial charge in [-0.25, -0.2) is 0 Å². The summed E-state index contributed by atoms with van der Waals surface area (Å²) < 4.78 is 15.6. The third-order valence-corrected chi connectivity index (χ3v) is 5.19. The van der Waals surface area contributed by atoms with Gasteiger partial charge in [0.15, 0.2) is 17.3 Å². The molecule has 2 amide bonds. The Labute approximate surface area is 173 Å². The maximum Gasteiger partial charge on any atom is 0.238 e. The van der Waals surface area contributed by atoms with E-state index >= 15 is 0 Å². The Bertz CT molecular complexity index is 948. The van der Waals surface area contributed by atoms with E-state index in [-0.39, 0.29) is 30.9 Å². The van der Waals surface area contributed by atoms with Crippen LogP contribution in [0, 0.1) is 0 Å². The number of amides is 2. The molecule has 3 heterocycles. The van der Waals surface area contributed by atoms with Gasteiger partial charge in [0.25, 0.3) is 0 Å². The van der Waals surface area contributed by atoms with Gasteiger partial charge in [0.05, 0.1) is 31.2 Å². The Balaban J connectivity index is 1.30. The second-order valence-corrected chi connectivity index (χ2v) is 7.32. The number of rotatable bonds is 6. The van der Waals surface area contributed by atoms with Crippen LogP contribution in [0.3, 0.4) is 0 Å². The zero-order valence-corrected chi connectivity index (χ0v) is 16.7. The fraction of sp³-hybridized carbons (Fsp3) is 0.381. The molecule has 1 aromatic carbocycles. The average molecular weight is 413 g/mol. The van der Waals surface area contributed by atoms with Crippen LogP contribution in [0.4, 0.5) is 5.69 Å². The summed E-state index contributed by atoms with van der Waals surface area (Å²) in [6.45, 7) is 4.03. The molecule has 2 aliphatic heterocycles. The molecule has 0 unspecified atom stereocenters. The Morgan fingerprint density at radius 3 is 2.47 bits per heavy atom. The summed E-state index contributed by atoms with van der Waals surface area (Å²) in [4.78, 5) is 40.6. The maximum atomic E-state index is 12.6. The highest BCUT2D eigenvalue weighted by atomic mass is 16.7. The van der Waals surface area contributed by atoms with E-state index in [0.717, 1.165) is 5.56 Å². The van der Waals surface area contributed by atoms with Gasteiger partial charge in [-0.15, -0.1) is 0 Å². The SMILES string of the molecule is CC(=O)c1cc2c(cc1NC(=O)CN1CCN(C(=O)Cc3ccoc3)CC1)OCO2. The number of carbonyl (C=O) groups is 3. The number of anilines is 1. The minimum Gasteiger partial charge on any atom is -0.472 e. The number of furan rings is 1. The number of hydrogen-bond acceptors (Lipinski definition) is 7. The van der Waals surface area contributed by atoms with E-state index in [9.17, 15) is 14.4 Å². The van der Waals surface area contributed by atoms with E-state index in [2.05, 4.69) is 5.32 Å². The number of fused-ring (bicyclic) bond motifs is 1. The van der Waals surface area contributed by atoms with Crippen molar-refractivity contribution in [3.63, 3.8) is 0 Å². The monoisotopic (exact) mass is 413 g/mol. The summed E-state index contributed by atoms with van der Waals surface area (Å²) in [6.07, 6.45) is 3.44. The zero-order valence-electron chi connectivity index (χ0n) is 16.7. The molecule has 158 valence electrons. The highest BCUT2D eigenvalue weighted by Gasteiger charge is 2.24. The molecule has 0 bridgehead atoms. The number of hydrogen-bond donors (Lipinski definition) is 1. The largest absolute Gasteiger partial charge is 0.472 e. The molecule has 1 fully saturated rings. The zero-order chi connectivity index (χ0) is 21.1. The Hall–Kier alpha value is -3.33. The van der Waals surface area contributed by atoms with Crippen molar-refractivity contribution in [2.45, 2.75) is 13.3 Å². The minimum atomic E-state index is -0.227. The standard InChI is InChI=1S/C21H23N3O6/c1-14(25)16-9-18-19(30-13-29-18)10-17(16)22-20(26)11-23-3-5-24(6-4-23)21(27)8-15-2-7-28-12-15/h2,7,9-10,12H,3-6,8,11,13H2,1H3,(H,22,26). The van der Waals surface area contributed by atoms with Crippen LogP contribution in [-0.2, 0) is 16.0 Å². The molecular weight excluding hydrogens is 390 g/mol. The molecule has 0 atom stereocenters. The van der Waals surface area contributed by atoms with Crippen molar-refractivity contribution in [3.8, 4) is 11.5 Å². The number of piperazine rings is 1. The lowest BCUT2D eigenvalue weighted by Crippen LogP contribution is -2.50. The molecule has 2 aliphatic rings. The van der Waals surface area contributed by atoms with Gasteiger partial charge in [0.1, 0.15) is 0 Å². The molecule has 1 aromatic heterocycles. The van der Waals surface area contributed by atoms with Crippen LogP contribution in [0.25, 0.3) is 0 Å². The Kier molecular flexibility index (Phi) is 5.71. The van der Waals surface area contributed by atoms with Gasteiger partial charge in [-0.3, -0.25) is 19.3 Å². The maximum absolute atomic E-state index is 12.6. The molecular formula is C21H23N3O6. The first-order valence-electron chi connectivity index (χ1n) is 9.75. The molecule has 2 aromatic rings. The van der Waals surface area contributed by atoms with Crippen molar-refractivity contribution < 1.29 is 28.3 Å². The third-order valence-electron chi connectivity index (χ3n) is 5.19. The molecule has 0 radical (unpaired) electrons. The van der Waals surface area contributed by atoms with E-state index in [4.69, 9.17) is 13.9 Å². The molecule has 4 rings (SSSR count). The first kappa shape index (κ1) is 20.0. The average Bonchev–Trinajstić information content (AvgIpc) is 3.39. The molecule has 0 aliphatic carbocycles. The second kappa shape index (κ2) is 8.58. The van der Waals surface area contributed by atoms with Crippen molar-refractivity contribution in [2.24, 2.45) is 0 Å². The fourth-order valence-electron chi connectivity index (χ4n) is 3.56. The van der Waals surface area contributed by atoms with E-state index in [0.29, 0.717) is 55.3 Å². The molecule has 1 saturated heterocycles. The predicted molar refractivity (Wildman–Crippen MR) is 107 cm³/mol. The summed E-state index contributed by atoms with van der Waals surface area (Å²) in [7, 11) is 0. The van der Waals surface area contributed by atoms with Crippen LogP contribution in [0.15, 0.2) is 35.1 Å². The summed E-state index contributed by atoms with van der Waals surface area (Å²) >= 11 is 0. The van der Waals surface area contributed by atoms with Gasteiger partial charge in [-0.05, 0) is 24.6 Å². The quantitative estimate of drug-likeness (QED) is 0.717. The first-order valence-corrected chi connectivity index (χ1v) is 9.75. The summed E-state index contributed by atoms with van der Waals surface area (Å²) in [5.74, 6) is 0.643. The van der Waals surface area contributed by atoms with Gasteiger partial charge in [-0.2, -0.15) is 0 Å². The summed E-state index contributed by atoms with van der Waals surface area (Å²) in [5, 5.41) is 2.80. The van der Waals surface area contributed by atoms with E-state index in [1.54, 1.807) is 35.6 Å². The highest BCUT2D eigenvalue weighted by molar-refractivity contribution is 6.05. The summed E-state index contributed by atoms with van der Waals surface area (Å²) in [6, 6.07) is 4.98. The van der Waals surface area contributed by atoms with E-state index < -0.39 is 0 Å². The van der Waals surface area contributed by atoms with Gasteiger partial charge >= 0.3 is 0 Å². The molecule has 1 N–H and O–H groups in total. The normalized spacial score (nSPS) is 15.8. The van der Waals surface area contributed by atoms with E-state index in [1.807, 2.05) is 4.90 Å². The number of carbonyl (C=O) groups excluding carboxylic acids is 3. The number of ether oxygens (including phenoxy) is 2. The van der Waals surface area contributed by atoms with Gasteiger partial charge in [-0.1, -0.05) is 0 Å². The van der Waals surface area contributed by atoms with Crippen LogP contribution < -0.4 is 14.8 Å². The molecule has 9 heteroatoms.